The second kappa shape index (κ2) is 8.28. The van der Waals surface area contributed by atoms with E-state index in [4.69, 9.17) is 27.9 Å². The van der Waals surface area contributed by atoms with Gasteiger partial charge >= 0.3 is 0 Å². The number of anilines is 1. The summed E-state index contributed by atoms with van der Waals surface area (Å²) in [6.07, 6.45) is 0. The van der Waals surface area contributed by atoms with Crippen LogP contribution in [0.15, 0.2) is 66.7 Å². The largest absolute Gasteiger partial charge is 0.486 e. The molecule has 0 aromatic heterocycles. The first-order valence-corrected chi connectivity index (χ1v) is 8.82. The number of benzene rings is 3. The topological polar surface area (TPSA) is 21.3 Å². The molecule has 0 unspecified atom stereocenters. The number of ether oxygens (including phenoxy) is 1. The molecule has 0 saturated carbocycles. The van der Waals surface area contributed by atoms with Gasteiger partial charge in [0.1, 0.15) is 6.61 Å². The molecule has 0 spiro atoms. The zero-order valence-corrected chi connectivity index (χ0v) is 15.4. The Labute approximate surface area is 158 Å². The van der Waals surface area contributed by atoms with E-state index >= 15 is 0 Å². The Kier molecular flexibility index (Phi) is 5.85. The van der Waals surface area contributed by atoms with Crippen LogP contribution in [0.2, 0.25) is 10.0 Å². The summed E-state index contributed by atoms with van der Waals surface area (Å²) in [6, 6.07) is 21.9. The lowest BCUT2D eigenvalue weighted by Gasteiger charge is -2.13. The van der Waals surface area contributed by atoms with Crippen molar-refractivity contribution in [3.8, 4) is 5.75 Å². The highest BCUT2D eigenvalue weighted by Crippen LogP contribution is 2.35. The minimum atomic E-state index is 0.432. The van der Waals surface area contributed by atoms with Gasteiger partial charge in [0.05, 0.1) is 10.0 Å². The summed E-state index contributed by atoms with van der Waals surface area (Å²) in [5, 5.41) is 4.38. The molecular formula is C21H19Cl2NO. The van der Waals surface area contributed by atoms with E-state index in [1.165, 1.54) is 5.56 Å². The van der Waals surface area contributed by atoms with Crippen molar-refractivity contribution in [2.75, 3.05) is 5.32 Å². The van der Waals surface area contributed by atoms with E-state index in [1.54, 1.807) is 0 Å². The highest BCUT2D eigenvalue weighted by atomic mass is 35.5. The summed E-state index contributed by atoms with van der Waals surface area (Å²) in [4.78, 5) is 0. The third-order valence-electron chi connectivity index (χ3n) is 3.83. The molecule has 128 valence electrons. The van der Waals surface area contributed by atoms with Gasteiger partial charge in [0.2, 0.25) is 0 Å². The lowest BCUT2D eigenvalue weighted by Crippen LogP contribution is -2.01. The van der Waals surface area contributed by atoms with Crippen molar-refractivity contribution >= 4 is 28.9 Å². The van der Waals surface area contributed by atoms with Crippen LogP contribution in [0, 0.1) is 6.92 Å². The lowest BCUT2D eigenvalue weighted by molar-refractivity contribution is 0.306. The zero-order valence-electron chi connectivity index (χ0n) is 13.9. The SMILES string of the molecule is Cc1ccc(COc2c(Cl)cc(CNc3ccccc3)cc2Cl)cc1. The van der Waals surface area contributed by atoms with Crippen LogP contribution in [0.3, 0.4) is 0 Å². The zero-order chi connectivity index (χ0) is 17.6. The minimum absolute atomic E-state index is 0.432. The van der Waals surface area contributed by atoms with Crippen LogP contribution in [-0.4, -0.2) is 0 Å². The molecule has 0 bridgehead atoms. The molecule has 0 fully saturated rings. The second-order valence-corrected chi connectivity index (χ2v) is 6.70. The highest BCUT2D eigenvalue weighted by Gasteiger charge is 2.10. The molecule has 3 aromatic carbocycles. The van der Waals surface area contributed by atoms with E-state index in [2.05, 4.69) is 24.4 Å². The standard InChI is InChI=1S/C21H19Cl2NO/c1-15-7-9-16(10-8-15)14-25-21-19(22)11-17(12-20(21)23)13-24-18-5-3-2-4-6-18/h2-12,24H,13-14H2,1H3. The second-order valence-electron chi connectivity index (χ2n) is 5.88. The number of halogens is 2. The first-order valence-electron chi connectivity index (χ1n) is 8.07. The van der Waals surface area contributed by atoms with Gasteiger partial charge in [0.25, 0.3) is 0 Å². The number of hydrogen-bond acceptors (Lipinski definition) is 2. The molecule has 0 amide bonds. The van der Waals surface area contributed by atoms with E-state index < -0.39 is 0 Å². The third kappa shape index (κ3) is 4.91. The van der Waals surface area contributed by atoms with Gasteiger partial charge in [0, 0.05) is 12.2 Å². The maximum atomic E-state index is 6.37. The van der Waals surface area contributed by atoms with Crippen molar-refractivity contribution in [3.63, 3.8) is 0 Å². The molecule has 0 aliphatic rings. The lowest BCUT2D eigenvalue weighted by atomic mass is 10.1. The van der Waals surface area contributed by atoms with Gasteiger partial charge in [-0.15, -0.1) is 0 Å². The molecule has 25 heavy (non-hydrogen) atoms. The van der Waals surface area contributed by atoms with Crippen molar-refractivity contribution in [1.29, 1.82) is 0 Å². The van der Waals surface area contributed by atoms with Gasteiger partial charge in [0.15, 0.2) is 5.75 Å². The maximum absolute atomic E-state index is 6.37. The van der Waals surface area contributed by atoms with Gasteiger partial charge in [-0.1, -0.05) is 71.2 Å². The van der Waals surface area contributed by atoms with E-state index in [9.17, 15) is 0 Å². The van der Waals surface area contributed by atoms with E-state index in [1.807, 2.05) is 54.6 Å². The molecule has 4 heteroatoms. The van der Waals surface area contributed by atoms with Crippen LogP contribution >= 0.6 is 23.2 Å². The molecule has 0 radical (unpaired) electrons. The number of hydrogen-bond donors (Lipinski definition) is 1. The van der Waals surface area contributed by atoms with Gasteiger partial charge in [-0.2, -0.15) is 0 Å². The van der Waals surface area contributed by atoms with Crippen molar-refractivity contribution in [2.45, 2.75) is 20.1 Å². The van der Waals surface area contributed by atoms with Crippen molar-refractivity contribution in [2.24, 2.45) is 0 Å². The molecule has 0 heterocycles. The van der Waals surface area contributed by atoms with E-state index in [0.29, 0.717) is 28.9 Å². The Hall–Kier alpha value is -2.16. The Bertz CT molecular complexity index is 809. The van der Waals surface area contributed by atoms with Crippen LogP contribution in [0.4, 0.5) is 5.69 Å². The minimum Gasteiger partial charge on any atom is -0.486 e. The van der Waals surface area contributed by atoms with Crippen LogP contribution in [0.1, 0.15) is 16.7 Å². The van der Waals surface area contributed by atoms with Crippen molar-refractivity contribution in [3.05, 3.63) is 93.5 Å². The summed E-state index contributed by atoms with van der Waals surface area (Å²) in [5.74, 6) is 0.521. The number of para-hydroxylation sites is 1. The van der Waals surface area contributed by atoms with Crippen molar-refractivity contribution in [1.82, 2.24) is 0 Å². The Balaban J connectivity index is 1.66. The summed E-state index contributed by atoms with van der Waals surface area (Å²) in [5.41, 5.74) is 4.35. The normalized spacial score (nSPS) is 10.5. The summed E-state index contributed by atoms with van der Waals surface area (Å²) >= 11 is 12.7. The molecule has 2 nitrogen and oxygen atoms in total. The first kappa shape index (κ1) is 17.7. The number of nitrogens with one attached hydrogen (secondary N) is 1. The fourth-order valence-corrected chi connectivity index (χ4v) is 3.09. The van der Waals surface area contributed by atoms with Gasteiger partial charge in [-0.25, -0.2) is 0 Å². The molecule has 0 saturated heterocycles. The summed E-state index contributed by atoms with van der Waals surface area (Å²) < 4.78 is 5.83. The van der Waals surface area contributed by atoms with Gasteiger partial charge in [-0.3, -0.25) is 0 Å². The average Bonchev–Trinajstić information content (AvgIpc) is 2.62. The Morgan fingerprint density at radius 2 is 1.48 bits per heavy atom. The van der Waals surface area contributed by atoms with Crippen LogP contribution in [0.25, 0.3) is 0 Å². The maximum Gasteiger partial charge on any atom is 0.156 e. The molecule has 0 aliphatic carbocycles. The Morgan fingerprint density at radius 1 is 0.840 bits per heavy atom. The van der Waals surface area contributed by atoms with E-state index in [0.717, 1.165) is 16.8 Å². The molecular weight excluding hydrogens is 353 g/mol. The molecule has 0 aliphatic heterocycles. The fourth-order valence-electron chi connectivity index (χ4n) is 2.45. The quantitative estimate of drug-likeness (QED) is 0.534. The van der Waals surface area contributed by atoms with Gasteiger partial charge in [-0.05, 0) is 42.3 Å². The van der Waals surface area contributed by atoms with E-state index in [-0.39, 0.29) is 0 Å². The number of rotatable bonds is 6. The number of aryl methyl sites for hydroxylation is 1. The van der Waals surface area contributed by atoms with Crippen LogP contribution in [0.5, 0.6) is 5.75 Å². The van der Waals surface area contributed by atoms with Crippen molar-refractivity contribution < 1.29 is 4.74 Å². The van der Waals surface area contributed by atoms with Crippen LogP contribution < -0.4 is 10.1 Å². The molecule has 0 atom stereocenters. The Morgan fingerprint density at radius 3 is 2.12 bits per heavy atom. The molecule has 1 N–H and O–H groups in total. The monoisotopic (exact) mass is 371 g/mol. The van der Waals surface area contributed by atoms with Crippen LogP contribution in [-0.2, 0) is 13.2 Å². The first-order chi connectivity index (χ1) is 12.1. The summed E-state index contributed by atoms with van der Waals surface area (Å²) in [7, 11) is 0. The fraction of sp³-hybridized carbons (Fsp3) is 0.143. The summed E-state index contributed by atoms with van der Waals surface area (Å²) in [6.45, 7) is 3.13. The molecule has 3 rings (SSSR count). The third-order valence-corrected chi connectivity index (χ3v) is 4.39. The molecule has 3 aromatic rings. The smallest absolute Gasteiger partial charge is 0.156 e. The predicted molar refractivity (Wildman–Crippen MR) is 106 cm³/mol. The average molecular weight is 372 g/mol. The highest BCUT2D eigenvalue weighted by molar-refractivity contribution is 6.37. The van der Waals surface area contributed by atoms with Gasteiger partial charge < -0.3 is 10.1 Å². The predicted octanol–water partition coefficient (Wildman–Crippen LogP) is 6.49.